The summed E-state index contributed by atoms with van der Waals surface area (Å²) in [6.45, 7) is 4.74. The van der Waals surface area contributed by atoms with Gasteiger partial charge in [-0.2, -0.15) is 0 Å². The minimum Gasteiger partial charge on any atom is -0.378 e. The molecule has 2 heterocycles. The van der Waals surface area contributed by atoms with Gasteiger partial charge in [0.05, 0.1) is 48.7 Å². The third kappa shape index (κ3) is 5.81. The minimum atomic E-state index is -3.52. The van der Waals surface area contributed by atoms with E-state index >= 15 is 0 Å². The van der Waals surface area contributed by atoms with Crippen LogP contribution in [0.3, 0.4) is 0 Å². The standard InChI is InChI=1S/C19H25N5O5S/c1-3-29-22-19(25)15-13-20-7-6-16(15)21-17-5-4-14(24-8-10-28-11-9-24)12-18(17)23-30(2,26)27/h4-7,12-13,23H,3,8-11H2,1-2H3,(H,20,21)(H,22,25). The summed E-state index contributed by atoms with van der Waals surface area (Å²) in [6, 6.07) is 7.04. The largest absolute Gasteiger partial charge is 0.378 e. The van der Waals surface area contributed by atoms with Crippen LogP contribution in [-0.2, 0) is 19.6 Å². The first-order valence-corrected chi connectivity index (χ1v) is 11.3. The second kappa shape index (κ2) is 9.74. The Morgan fingerprint density at radius 1 is 1.20 bits per heavy atom. The molecule has 0 saturated carbocycles. The van der Waals surface area contributed by atoms with E-state index < -0.39 is 15.9 Å². The Morgan fingerprint density at radius 3 is 2.67 bits per heavy atom. The first kappa shape index (κ1) is 21.8. The number of hydrogen-bond acceptors (Lipinski definition) is 8. The third-order valence-electron chi connectivity index (χ3n) is 4.32. The van der Waals surface area contributed by atoms with Crippen molar-refractivity contribution >= 4 is 38.7 Å². The van der Waals surface area contributed by atoms with Crippen molar-refractivity contribution in [2.45, 2.75) is 6.92 Å². The fraction of sp³-hybridized carbons (Fsp3) is 0.368. The maximum absolute atomic E-state index is 12.3. The van der Waals surface area contributed by atoms with Crippen LogP contribution in [0.1, 0.15) is 17.3 Å². The molecule has 3 rings (SSSR count). The van der Waals surface area contributed by atoms with Crippen molar-refractivity contribution in [2.24, 2.45) is 0 Å². The fourth-order valence-corrected chi connectivity index (χ4v) is 3.53. The van der Waals surface area contributed by atoms with Gasteiger partial charge in [-0.25, -0.2) is 13.9 Å². The molecule has 162 valence electrons. The molecule has 0 unspecified atom stereocenters. The zero-order valence-corrected chi connectivity index (χ0v) is 17.7. The van der Waals surface area contributed by atoms with E-state index in [1.54, 1.807) is 25.1 Å². The average Bonchev–Trinajstić information content (AvgIpc) is 2.73. The molecular formula is C19H25N5O5S. The highest BCUT2D eigenvalue weighted by molar-refractivity contribution is 7.92. The number of rotatable bonds is 8. The number of ether oxygens (including phenoxy) is 1. The third-order valence-corrected chi connectivity index (χ3v) is 4.91. The zero-order valence-electron chi connectivity index (χ0n) is 16.8. The number of hydroxylamine groups is 1. The number of amides is 1. The number of hydrogen-bond donors (Lipinski definition) is 3. The molecule has 3 N–H and O–H groups in total. The maximum Gasteiger partial charge on any atom is 0.278 e. The summed E-state index contributed by atoms with van der Waals surface area (Å²) in [6.07, 6.45) is 4.03. The summed E-state index contributed by atoms with van der Waals surface area (Å²) in [5, 5.41) is 3.12. The quantitative estimate of drug-likeness (QED) is 0.536. The molecule has 0 aliphatic carbocycles. The number of carbonyl (C=O) groups excluding carboxylic acids is 1. The van der Waals surface area contributed by atoms with Crippen molar-refractivity contribution in [2.75, 3.05) is 54.1 Å². The Morgan fingerprint density at radius 2 is 1.97 bits per heavy atom. The Hall–Kier alpha value is -2.89. The summed E-state index contributed by atoms with van der Waals surface area (Å²) in [5.74, 6) is -0.463. The van der Waals surface area contributed by atoms with Gasteiger partial charge in [-0.3, -0.25) is 19.3 Å². The molecule has 0 radical (unpaired) electrons. The van der Waals surface area contributed by atoms with Gasteiger partial charge in [0, 0.05) is 31.2 Å². The number of nitrogens with one attached hydrogen (secondary N) is 3. The molecule has 0 spiro atoms. The first-order valence-electron chi connectivity index (χ1n) is 9.45. The van der Waals surface area contributed by atoms with E-state index in [0.717, 1.165) is 25.0 Å². The maximum atomic E-state index is 12.3. The summed E-state index contributed by atoms with van der Waals surface area (Å²) in [5.41, 5.74) is 4.78. The van der Waals surface area contributed by atoms with E-state index in [4.69, 9.17) is 9.57 Å². The lowest BCUT2D eigenvalue weighted by Gasteiger charge is -2.29. The molecule has 1 fully saturated rings. The van der Waals surface area contributed by atoms with Gasteiger partial charge in [0.2, 0.25) is 10.0 Å². The molecule has 30 heavy (non-hydrogen) atoms. The summed E-state index contributed by atoms with van der Waals surface area (Å²) in [7, 11) is -3.52. The lowest BCUT2D eigenvalue weighted by Crippen LogP contribution is -2.36. The molecule has 1 aliphatic rings. The van der Waals surface area contributed by atoms with Gasteiger partial charge in [0.1, 0.15) is 0 Å². The van der Waals surface area contributed by atoms with Crippen LogP contribution in [0.2, 0.25) is 0 Å². The van der Waals surface area contributed by atoms with Gasteiger partial charge in [0.15, 0.2) is 0 Å². The number of benzene rings is 1. The highest BCUT2D eigenvalue weighted by Crippen LogP contribution is 2.32. The summed E-state index contributed by atoms with van der Waals surface area (Å²) < 4.78 is 31.8. The predicted molar refractivity (Wildman–Crippen MR) is 115 cm³/mol. The van der Waals surface area contributed by atoms with E-state index in [9.17, 15) is 13.2 Å². The molecule has 1 saturated heterocycles. The zero-order chi connectivity index (χ0) is 21.6. The Balaban J connectivity index is 1.92. The second-order valence-corrected chi connectivity index (χ2v) is 8.36. The molecule has 1 aromatic carbocycles. The Bertz CT molecular complexity index is 993. The second-order valence-electron chi connectivity index (χ2n) is 6.61. The smallest absolute Gasteiger partial charge is 0.278 e. The Kier molecular flexibility index (Phi) is 7.08. The number of anilines is 4. The van der Waals surface area contributed by atoms with Crippen LogP contribution in [0, 0.1) is 0 Å². The van der Waals surface area contributed by atoms with E-state index in [-0.39, 0.29) is 5.56 Å². The van der Waals surface area contributed by atoms with Gasteiger partial charge in [-0.05, 0) is 31.2 Å². The van der Waals surface area contributed by atoms with Crippen molar-refractivity contribution in [1.29, 1.82) is 0 Å². The van der Waals surface area contributed by atoms with Gasteiger partial charge >= 0.3 is 0 Å². The normalized spacial score (nSPS) is 14.3. The monoisotopic (exact) mass is 435 g/mol. The molecule has 1 aliphatic heterocycles. The number of nitrogens with zero attached hydrogens (tertiary/aromatic N) is 2. The number of pyridine rings is 1. The number of morpholine rings is 1. The molecule has 0 atom stereocenters. The lowest BCUT2D eigenvalue weighted by molar-refractivity contribution is 0.0365. The summed E-state index contributed by atoms with van der Waals surface area (Å²) >= 11 is 0. The van der Waals surface area contributed by atoms with Crippen LogP contribution < -0.4 is 20.4 Å². The van der Waals surface area contributed by atoms with Gasteiger partial charge in [-0.15, -0.1) is 0 Å². The fourth-order valence-electron chi connectivity index (χ4n) is 2.97. The van der Waals surface area contributed by atoms with Crippen molar-refractivity contribution in [1.82, 2.24) is 10.5 Å². The van der Waals surface area contributed by atoms with Gasteiger partial charge in [0.25, 0.3) is 5.91 Å². The predicted octanol–water partition coefficient (Wildman–Crippen LogP) is 1.71. The Labute approximate surface area is 175 Å². The van der Waals surface area contributed by atoms with E-state index in [2.05, 4.69) is 25.4 Å². The first-order chi connectivity index (χ1) is 14.4. The van der Waals surface area contributed by atoms with E-state index in [1.165, 1.54) is 12.4 Å². The van der Waals surface area contributed by atoms with E-state index in [1.807, 2.05) is 6.07 Å². The number of carbonyl (C=O) groups is 1. The SMILES string of the molecule is CCONC(=O)c1cnccc1Nc1ccc(N2CCOCC2)cc1NS(C)(=O)=O. The van der Waals surface area contributed by atoms with Crippen LogP contribution in [-0.4, -0.2) is 58.5 Å². The van der Waals surface area contributed by atoms with Crippen LogP contribution in [0.25, 0.3) is 0 Å². The van der Waals surface area contributed by atoms with Crippen molar-refractivity contribution in [3.05, 3.63) is 42.2 Å². The lowest BCUT2D eigenvalue weighted by atomic mass is 10.2. The van der Waals surface area contributed by atoms with Crippen molar-refractivity contribution in [3.63, 3.8) is 0 Å². The van der Waals surface area contributed by atoms with Crippen molar-refractivity contribution in [3.8, 4) is 0 Å². The van der Waals surface area contributed by atoms with Crippen LogP contribution in [0.15, 0.2) is 36.7 Å². The molecule has 0 bridgehead atoms. The molecule has 10 nitrogen and oxygen atoms in total. The minimum absolute atomic E-state index is 0.258. The molecule has 11 heteroatoms. The van der Waals surface area contributed by atoms with Crippen LogP contribution in [0.4, 0.5) is 22.7 Å². The molecule has 1 aromatic heterocycles. The molecule has 1 amide bonds. The van der Waals surface area contributed by atoms with Gasteiger partial charge in [-0.1, -0.05) is 0 Å². The highest BCUT2D eigenvalue weighted by Gasteiger charge is 2.17. The van der Waals surface area contributed by atoms with Crippen LogP contribution >= 0.6 is 0 Å². The average molecular weight is 436 g/mol. The summed E-state index contributed by atoms with van der Waals surface area (Å²) in [4.78, 5) is 23.4. The van der Waals surface area contributed by atoms with Crippen LogP contribution in [0.5, 0.6) is 0 Å². The number of sulfonamides is 1. The topological polar surface area (TPSA) is 122 Å². The van der Waals surface area contributed by atoms with E-state index in [0.29, 0.717) is 36.9 Å². The van der Waals surface area contributed by atoms with Gasteiger partial charge < -0.3 is 15.0 Å². The highest BCUT2D eigenvalue weighted by atomic mass is 32.2. The van der Waals surface area contributed by atoms with Crippen molar-refractivity contribution < 1.29 is 22.8 Å². The molecule has 2 aromatic rings. The number of aromatic nitrogens is 1. The molecular weight excluding hydrogens is 410 g/mol.